The molecule has 2 aliphatic heterocycles. The highest BCUT2D eigenvalue weighted by molar-refractivity contribution is 6.62. The van der Waals surface area contributed by atoms with E-state index in [1.54, 1.807) is 0 Å². The van der Waals surface area contributed by atoms with Crippen molar-refractivity contribution in [3.63, 3.8) is 0 Å². The Labute approximate surface area is 142 Å². The van der Waals surface area contributed by atoms with Crippen LogP contribution >= 0.6 is 0 Å². The van der Waals surface area contributed by atoms with E-state index in [4.69, 9.17) is 23.0 Å². The van der Waals surface area contributed by atoms with Crippen molar-refractivity contribution >= 4 is 12.6 Å². The average Bonchev–Trinajstić information content (AvgIpc) is 2.84. The SMILES string of the molecule is [2H]C([2H])([2H])N1C([2H])([2H])C([2H])([2H])C([2H])([2H])C1([2H])c1cncc(B2OC(C)(C)C(C)(C)O2)c1. The Morgan fingerprint density at radius 1 is 1.38 bits per heavy atom. The molecular formula is C16H25BN2O2. The van der Waals surface area contributed by atoms with Crippen LogP contribution in [0.5, 0.6) is 0 Å². The number of nitrogens with zero attached hydrogens (tertiary/aromatic N) is 2. The van der Waals surface area contributed by atoms with Gasteiger partial charge in [-0.2, -0.15) is 0 Å². The minimum Gasteiger partial charge on any atom is -0.399 e. The highest BCUT2D eigenvalue weighted by Gasteiger charge is 2.51. The highest BCUT2D eigenvalue weighted by Crippen LogP contribution is 2.36. The van der Waals surface area contributed by atoms with Crippen LogP contribution in [0.1, 0.15) is 65.7 Å². The van der Waals surface area contributed by atoms with Crippen LogP contribution < -0.4 is 5.46 Å². The maximum absolute atomic E-state index is 8.86. The van der Waals surface area contributed by atoms with Crippen molar-refractivity contribution in [2.45, 2.75) is 57.7 Å². The molecule has 0 N–H and O–H groups in total. The fourth-order valence-corrected chi connectivity index (χ4v) is 2.15. The van der Waals surface area contributed by atoms with E-state index >= 15 is 0 Å². The molecule has 2 fully saturated rings. The molecule has 0 saturated carbocycles. The van der Waals surface area contributed by atoms with Crippen LogP contribution in [0.4, 0.5) is 0 Å². The first-order valence-electron chi connectivity index (χ1n) is 11.8. The number of rotatable bonds is 2. The van der Waals surface area contributed by atoms with Gasteiger partial charge in [0.2, 0.25) is 0 Å². The minimum absolute atomic E-state index is 0.0297. The molecule has 0 radical (unpaired) electrons. The zero-order valence-corrected chi connectivity index (χ0v) is 12.5. The molecule has 3 heterocycles. The molecular weight excluding hydrogens is 263 g/mol. The molecule has 2 saturated heterocycles. The molecule has 1 unspecified atom stereocenters. The Hall–Kier alpha value is -0.905. The number of pyridine rings is 1. The minimum atomic E-state index is -3.32. The summed E-state index contributed by atoms with van der Waals surface area (Å²) in [4.78, 5) is 3.96. The van der Waals surface area contributed by atoms with E-state index < -0.39 is 50.6 Å². The quantitative estimate of drug-likeness (QED) is 0.784. The van der Waals surface area contributed by atoms with Gasteiger partial charge < -0.3 is 9.31 Å². The summed E-state index contributed by atoms with van der Waals surface area (Å²) in [7, 11) is -0.942. The lowest BCUT2D eigenvalue weighted by Crippen LogP contribution is -2.41. The number of hydrogen-bond acceptors (Lipinski definition) is 4. The Morgan fingerprint density at radius 2 is 2.10 bits per heavy atom. The normalized spacial score (nSPS) is 46.6. The topological polar surface area (TPSA) is 34.6 Å². The smallest absolute Gasteiger partial charge is 0.399 e. The molecule has 1 aromatic rings. The molecule has 0 aliphatic carbocycles. The van der Waals surface area contributed by atoms with Gasteiger partial charge in [-0.3, -0.25) is 9.88 Å². The van der Waals surface area contributed by atoms with Crippen molar-refractivity contribution in [1.82, 2.24) is 9.88 Å². The maximum Gasteiger partial charge on any atom is 0.496 e. The molecule has 1 aromatic heterocycles. The second kappa shape index (κ2) is 5.08. The molecule has 21 heavy (non-hydrogen) atoms. The van der Waals surface area contributed by atoms with Gasteiger partial charge in [0.25, 0.3) is 0 Å². The second-order valence-corrected chi connectivity index (χ2v) is 6.14. The molecule has 0 bridgehead atoms. The van der Waals surface area contributed by atoms with Gasteiger partial charge in [-0.05, 0) is 59.5 Å². The molecule has 0 amide bonds. The fourth-order valence-electron chi connectivity index (χ4n) is 2.15. The van der Waals surface area contributed by atoms with E-state index in [0.29, 0.717) is 0 Å². The summed E-state index contributed by atoms with van der Waals surface area (Å²) >= 11 is 0. The predicted molar refractivity (Wildman–Crippen MR) is 84.6 cm³/mol. The van der Waals surface area contributed by atoms with Crippen LogP contribution in [0, 0.1) is 0 Å². The Balaban J connectivity index is 2.18. The lowest BCUT2D eigenvalue weighted by molar-refractivity contribution is 0.00578. The summed E-state index contributed by atoms with van der Waals surface area (Å²) in [6.45, 7) is 0.666. The average molecular weight is 298 g/mol. The van der Waals surface area contributed by atoms with E-state index in [1.165, 1.54) is 12.3 Å². The van der Waals surface area contributed by atoms with Crippen molar-refractivity contribution in [3.05, 3.63) is 24.0 Å². The van der Waals surface area contributed by atoms with Crippen LogP contribution in [0.3, 0.4) is 0 Å². The molecule has 114 valence electrons. The monoisotopic (exact) mass is 298 g/mol. The van der Waals surface area contributed by atoms with Gasteiger partial charge >= 0.3 is 7.12 Å². The second-order valence-electron chi connectivity index (χ2n) is 6.14. The lowest BCUT2D eigenvalue weighted by Gasteiger charge is -2.32. The molecule has 0 spiro atoms. The summed E-state index contributed by atoms with van der Waals surface area (Å²) in [5.74, 6) is 0. The van der Waals surface area contributed by atoms with Gasteiger partial charge in [-0.1, -0.05) is 6.07 Å². The molecule has 5 heteroatoms. The van der Waals surface area contributed by atoms with Gasteiger partial charge in [0.05, 0.1) is 12.6 Å². The number of aromatic nitrogens is 1. The Kier molecular flexibility index (Phi) is 1.72. The lowest BCUT2D eigenvalue weighted by atomic mass is 9.79. The third-order valence-corrected chi connectivity index (χ3v) is 4.13. The summed E-state index contributed by atoms with van der Waals surface area (Å²) in [6, 6.07) is -1.70. The number of hydrogen-bond donors (Lipinski definition) is 0. The van der Waals surface area contributed by atoms with Gasteiger partial charge in [0, 0.05) is 36.2 Å². The molecule has 4 nitrogen and oxygen atoms in total. The van der Waals surface area contributed by atoms with Crippen LogP contribution in [-0.2, 0) is 9.31 Å². The van der Waals surface area contributed by atoms with Gasteiger partial charge in [0.15, 0.2) is 0 Å². The van der Waals surface area contributed by atoms with Gasteiger partial charge in [-0.15, -0.1) is 0 Å². The van der Waals surface area contributed by atoms with E-state index in [-0.39, 0.29) is 15.9 Å². The first-order chi connectivity index (χ1) is 13.6. The van der Waals surface area contributed by atoms with E-state index in [1.807, 2.05) is 27.7 Å². The van der Waals surface area contributed by atoms with Crippen LogP contribution in [0.25, 0.3) is 0 Å². The summed E-state index contributed by atoms with van der Waals surface area (Å²) in [5.41, 5.74) is -1.45. The van der Waals surface area contributed by atoms with Crippen LogP contribution in [0.15, 0.2) is 18.5 Å². The number of likely N-dealkylation sites (tertiary alicyclic amines) is 1. The molecule has 2 aliphatic rings. The summed E-state index contributed by atoms with van der Waals surface area (Å²) in [5, 5.41) is 0. The third-order valence-electron chi connectivity index (χ3n) is 4.13. The van der Waals surface area contributed by atoms with Crippen LogP contribution in [-0.4, -0.2) is 41.7 Å². The first kappa shape index (κ1) is 7.11. The predicted octanol–water partition coefficient (Wildman–Crippen LogP) is 2.15. The van der Waals surface area contributed by atoms with E-state index in [9.17, 15) is 0 Å². The molecule has 1 atom stereocenters. The Morgan fingerprint density at radius 3 is 2.76 bits per heavy atom. The van der Waals surface area contributed by atoms with Crippen molar-refractivity contribution in [1.29, 1.82) is 0 Å². The fraction of sp³-hybridized carbons (Fsp3) is 0.688. The van der Waals surface area contributed by atoms with Gasteiger partial charge in [0.1, 0.15) is 0 Å². The van der Waals surface area contributed by atoms with E-state index in [0.717, 1.165) is 6.20 Å². The summed E-state index contributed by atoms with van der Waals surface area (Å²) < 4.78 is 93.1. The van der Waals surface area contributed by atoms with Gasteiger partial charge in [-0.25, -0.2) is 0 Å². The molecule has 0 aromatic carbocycles. The molecule has 3 rings (SSSR count). The zero-order valence-electron chi connectivity index (χ0n) is 22.5. The zero-order chi connectivity index (χ0) is 24.1. The first-order valence-corrected chi connectivity index (χ1v) is 6.76. The van der Waals surface area contributed by atoms with Crippen molar-refractivity contribution in [2.75, 3.05) is 13.5 Å². The standard InChI is InChI=1S/C16H25BN2O2/c1-15(2)16(3,4)21-17(20-15)13-9-12(10-18-11-13)14-7-6-8-19(14)5/h9-11,14H,6-8H2,1-5H3/i5D3,6D2,7D2,8D2,14D. The third kappa shape index (κ3) is 2.63. The highest BCUT2D eigenvalue weighted by atomic mass is 16.7. The van der Waals surface area contributed by atoms with Crippen molar-refractivity contribution in [2.24, 2.45) is 0 Å². The van der Waals surface area contributed by atoms with E-state index in [2.05, 4.69) is 4.98 Å². The van der Waals surface area contributed by atoms with Crippen molar-refractivity contribution < 1.29 is 23.0 Å². The summed E-state index contributed by atoms with van der Waals surface area (Å²) in [6.07, 6.45) is -4.18. The van der Waals surface area contributed by atoms with Crippen molar-refractivity contribution in [3.8, 4) is 0 Å². The van der Waals surface area contributed by atoms with Crippen LogP contribution in [0.2, 0.25) is 0 Å². The largest absolute Gasteiger partial charge is 0.496 e. The Bertz CT molecular complexity index is 875. The maximum atomic E-state index is 8.86.